The number of rotatable bonds is 54. The molecular formula is C60H112N29O14+. The number of aromatic nitrogens is 6. The van der Waals surface area contributed by atoms with Crippen molar-refractivity contribution >= 4 is 93.7 Å². The molecule has 0 aliphatic heterocycles. The quantitative estimate of drug-likeness (QED) is 0.0108. The summed E-state index contributed by atoms with van der Waals surface area (Å²) in [5.74, 6) is -6.48. The number of anilines is 6. The van der Waals surface area contributed by atoms with Crippen molar-refractivity contribution in [2.24, 2.45) is 74.2 Å². The van der Waals surface area contributed by atoms with Gasteiger partial charge >= 0.3 is 5.96 Å². The van der Waals surface area contributed by atoms with E-state index in [2.05, 4.69) is 66.5 Å². The van der Waals surface area contributed by atoms with Gasteiger partial charge in [-0.15, -0.1) is 0 Å². The third-order valence-electron chi connectivity index (χ3n) is 13.7. The van der Waals surface area contributed by atoms with E-state index in [0.29, 0.717) is 144 Å². The van der Waals surface area contributed by atoms with Crippen LogP contribution in [0.15, 0.2) is 4.99 Å². The molecule has 3 aromatic rings. The number of amides is 5. The summed E-state index contributed by atoms with van der Waals surface area (Å²) in [6.07, 6.45) is 4.34. The number of guanidine groups is 2. The highest BCUT2D eigenvalue weighted by molar-refractivity contribution is 6.04. The lowest BCUT2D eigenvalue weighted by atomic mass is 9.94. The smallest absolute Gasteiger partial charge is 0.338 e. The van der Waals surface area contributed by atoms with Gasteiger partial charge in [-0.05, 0) is 71.0 Å². The lowest BCUT2D eigenvalue weighted by Gasteiger charge is -2.18. The van der Waals surface area contributed by atoms with E-state index in [1.165, 1.54) is 0 Å². The van der Waals surface area contributed by atoms with Crippen LogP contribution >= 0.6 is 0 Å². The van der Waals surface area contributed by atoms with Crippen molar-refractivity contribution in [2.75, 3.05) is 199 Å². The van der Waals surface area contributed by atoms with Crippen molar-refractivity contribution in [3.8, 4) is 0 Å². The van der Waals surface area contributed by atoms with Crippen LogP contribution in [0, 0.1) is 11.8 Å². The number of aliphatic imine (C=N–C) groups is 1. The Balaban J connectivity index is 0.000000820. The Labute approximate surface area is 597 Å². The number of nitrogen functional groups attached to an aromatic ring is 6. The van der Waals surface area contributed by atoms with Crippen LogP contribution in [0.2, 0.25) is 0 Å². The van der Waals surface area contributed by atoms with Gasteiger partial charge in [-0.3, -0.25) is 59.8 Å². The van der Waals surface area contributed by atoms with E-state index in [4.69, 9.17) is 120 Å². The highest BCUT2D eigenvalue weighted by atomic mass is 16.5. The Morgan fingerprint density at radius 2 is 0.718 bits per heavy atom. The van der Waals surface area contributed by atoms with Crippen LogP contribution in [0.25, 0.3) is 0 Å². The minimum Gasteiger partial charge on any atom is -0.382 e. The van der Waals surface area contributed by atoms with Gasteiger partial charge in [0.15, 0.2) is 92.4 Å². The van der Waals surface area contributed by atoms with Crippen LogP contribution < -0.4 is 123 Å². The van der Waals surface area contributed by atoms with Gasteiger partial charge in [0.2, 0.25) is 11.8 Å². The van der Waals surface area contributed by atoms with Gasteiger partial charge in [0.25, 0.3) is 17.7 Å². The molecule has 103 heavy (non-hydrogen) atoms. The summed E-state index contributed by atoms with van der Waals surface area (Å²) in [6, 6.07) is 0. The van der Waals surface area contributed by atoms with Crippen molar-refractivity contribution in [3.05, 3.63) is 34.2 Å². The molecule has 3 aromatic heterocycles. The third kappa shape index (κ3) is 40.0. The first kappa shape index (κ1) is 91.5. The Hall–Kier alpha value is -9.54. The largest absolute Gasteiger partial charge is 0.382 e. The maximum absolute atomic E-state index is 13.1. The maximum atomic E-state index is 13.1. The van der Waals surface area contributed by atoms with Crippen molar-refractivity contribution in [3.63, 3.8) is 0 Å². The zero-order chi connectivity index (χ0) is 76.7. The third-order valence-corrected chi connectivity index (χ3v) is 13.7. The van der Waals surface area contributed by atoms with Crippen molar-refractivity contribution in [2.45, 2.75) is 70.6 Å². The summed E-state index contributed by atoms with van der Waals surface area (Å²) < 4.78 is 32.3. The summed E-state index contributed by atoms with van der Waals surface area (Å²) in [5, 5.41) is 13.1. The normalized spacial score (nSPS) is 11.3. The fourth-order valence-electron chi connectivity index (χ4n) is 8.46. The zero-order valence-corrected chi connectivity index (χ0v) is 58.7. The lowest BCUT2D eigenvalue weighted by Crippen LogP contribution is -2.78. The molecule has 0 aliphatic rings. The topological polar surface area (TPSA) is 772 Å². The molecule has 0 saturated carbocycles. The van der Waals surface area contributed by atoms with Crippen LogP contribution in [0.4, 0.5) is 34.9 Å². The predicted molar refractivity (Wildman–Crippen MR) is 385 cm³/mol. The number of nitrogens with zero attached hydrogens (tertiary/aromatic N) is 7. The van der Waals surface area contributed by atoms with Crippen molar-refractivity contribution < 1.29 is 71.8 Å². The average molecular weight is 1460 g/mol. The number of carbonyl (C=O) groups is 8. The van der Waals surface area contributed by atoms with E-state index >= 15 is 0 Å². The molecule has 43 nitrogen and oxygen atoms in total. The average Bonchev–Trinajstić information content (AvgIpc) is 0.835. The molecule has 0 aliphatic carbocycles. The Morgan fingerprint density at radius 1 is 0.369 bits per heavy atom. The second-order valence-corrected chi connectivity index (χ2v) is 22.0. The van der Waals surface area contributed by atoms with E-state index in [1.54, 1.807) is 0 Å². The molecule has 0 bridgehead atoms. The maximum Gasteiger partial charge on any atom is 0.338 e. The van der Waals surface area contributed by atoms with Crippen LogP contribution in [0.3, 0.4) is 0 Å². The van der Waals surface area contributed by atoms with Crippen LogP contribution in [-0.4, -0.2) is 253 Å². The first-order valence-electron chi connectivity index (χ1n) is 33.5. The van der Waals surface area contributed by atoms with E-state index in [9.17, 15) is 38.4 Å². The molecule has 0 aromatic carbocycles. The van der Waals surface area contributed by atoms with Gasteiger partial charge in [-0.2, -0.15) is 0 Å². The molecule has 2 unspecified atom stereocenters. The minimum absolute atomic E-state index is 0.0358. The molecule has 0 spiro atoms. The molecule has 0 fully saturated rings. The van der Waals surface area contributed by atoms with Gasteiger partial charge in [0, 0.05) is 104 Å². The Kier molecular flexibility index (Phi) is 49.8. The van der Waals surface area contributed by atoms with E-state index in [1.807, 2.05) is 0 Å². The van der Waals surface area contributed by atoms with Crippen molar-refractivity contribution in [1.82, 2.24) is 56.5 Å². The molecule has 3 rings (SSSR count). The zero-order valence-electron chi connectivity index (χ0n) is 58.7. The van der Waals surface area contributed by atoms with Crippen LogP contribution in [0.5, 0.6) is 0 Å². The van der Waals surface area contributed by atoms with Gasteiger partial charge in [-0.25, -0.2) is 29.9 Å². The summed E-state index contributed by atoms with van der Waals surface area (Å²) >= 11 is 0. The SMILES string of the molecule is NCCCC(=O)c1nc(N)c(C(=O)NCCN)nc1N.NCCCOCCOCCOCCCC(=O)c1nc(N)c(C(=O)NCCOCCOCCOCCCN)nc1N.NCCNC(=O)C(CCCN=C(N)N)CNC(=O)c1nc(N)c(C(=O)CC(CCC[NH+]=C(N)N)C(=O)NCCN)nc1N. The Bertz CT molecular complexity index is 2980. The van der Waals surface area contributed by atoms with Gasteiger partial charge < -0.3 is 135 Å². The van der Waals surface area contributed by atoms with E-state index < -0.39 is 35.3 Å². The van der Waals surface area contributed by atoms with Crippen LogP contribution in [-0.2, 0) is 38.0 Å². The fraction of sp³-hybridized carbons (Fsp3) is 0.633. The number of nitrogens with one attached hydrogen (secondary N) is 6. The first-order valence-corrected chi connectivity index (χ1v) is 33.5. The summed E-state index contributed by atoms with van der Waals surface area (Å²) in [5.41, 5.74) is 87.7. The number of carbonyl (C=O) groups excluding carboxylic acids is 8. The fourth-order valence-corrected chi connectivity index (χ4v) is 8.46. The summed E-state index contributed by atoms with van der Waals surface area (Å²) in [4.78, 5) is 130. The summed E-state index contributed by atoms with van der Waals surface area (Å²) in [6.45, 7) is 9.40. The van der Waals surface area contributed by atoms with Crippen molar-refractivity contribution in [1.29, 1.82) is 0 Å². The van der Waals surface area contributed by atoms with E-state index in [0.717, 1.165) is 12.8 Å². The number of nitrogens with two attached hydrogens (primary N) is 16. The second kappa shape index (κ2) is 56.1. The number of ketones is 3. The highest BCUT2D eigenvalue weighted by Gasteiger charge is 2.28. The molecule has 0 radical (unpaired) electrons. The summed E-state index contributed by atoms with van der Waals surface area (Å²) in [7, 11) is 0. The standard InChI is InChI=1S/C25H47N7O8.C24H45N15O4.C11H19N7O2/c26-5-2-9-36-13-17-39-16-12-35-8-1-4-20(33)21-23(28)32-22(24(29)31-21)25(34)30-7-11-38-15-19-40-18-14-37-10-3-6-27;25-5-9-33-20(41)13(3-1-7-35-23(29)30)11-15(40)16-18(27)39-17(19(28)38-16)22(43)37-12-14(21(42)34-10-6-26)4-2-8-36-24(31)32;12-3-1-2-6(19)7-9(14)18-8(10(15)17-7)11(20)16-5-4-13/h1-19,26-27H2,(H2,28,32)(H2,29,31)(H,30,34);13-14H,1-12,25-26H2,(H2,27,39)(H2,28,38)(H,33,41)(H,34,42)(H,37,43)(H4,29,30,35)(H4,31,32,36);1-5,12-13H2,(H2,14,18)(H2,15,17)(H,16,20)/p+1. The van der Waals surface area contributed by atoms with Gasteiger partial charge in [-0.1, -0.05) is 0 Å². The number of hydrogen-bond donors (Lipinski definition) is 22. The molecule has 580 valence electrons. The predicted octanol–water partition coefficient (Wildman–Crippen LogP) is -9.10. The number of hydrogen-bond acceptors (Lipinski definition) is 33. The molecule has 0 saturated heterocycles. The van der Waals surface area contributed by atoms with Crippen LogP contribution in [0.1, 0.15) is 134 Å². The second-order valence-electron chi connectivity index (χ2n) is 22.0. The first-order chi connectivity index (χ1) is 49.4. The lowest BCUT2D eigenvalue weighted by molar-refractivity contribution is -0.459. The molecule has 38 N–H and O–H groups in total. The van der Waals surface area contributed by atoms with Gasteiger partial charge in [0.05, 0.1) is 71.9 Å². The number of ether oxygens (including phenoxy) is 6. The molecule has 3 heterocycles. The molecule has 2 atom stereocenters. The molecule has 5 amide bonds. The van der Waals surface area contributed by atoms with E-state index in [-0.39, 0.29) is 183 Å². The molecular weight excluding hydrogens is 1350 g/mol. The van der Waals surface area contributed by atoms with Gasteiger partial charge in [0.1, 0.15) is 0 Å². The highest BCUT2D eigenvalue weighted by Crippen LogP contribution is 2.21. The monoisotopic (exact) mass is 1460 g/mol. The Morgan fingerprint density at radius 3 is 1.15 bits per heavy atom. The number of Topliss-reactive ketones (excluding diaryl/α,β-unsaturated/α-hetero) is 3. The molecule has 43 heteroatoms. The minimum atomic E-state index is -0.751.